The summed E-state index contributed by atoms with van der Waals surface area (Å²) in [4.78, 5) is 0. The maximum atomic E-state index is 12.9. The first kappa shape index (κ1) is 18.1. The largest absolute Gasteiger partial charge is 0.282 e. The van der Waals surface area contributed by atoms with Gasteiger partial charge in [0.2, 0.25) is 0 Å². The molecule has 0 radical (unpaired) electrons. The molecule has 1 aromatic carbocycles. The van der Waals surface area contributed by atoms with E-state index in [-0.39, 0.29) is 0 Å². The third kappa shape index (κ3) is 4.11. The Kier molecular flexibility index (Phi) is 5.27. The van der Waals surface area contributed by atoms with Crippen molar-refractivity contribution in [3.63, 3.8) is 0 Å². The van der Waals surface area contributed by atoms with Crippen LogP contribution in [0.2, 0.25) is 0 Å². The van der Waals surface area contributed by atoms with Gasteiger partial charge in [-0.3, -0.25) is 0 Å². The molecule has 2 unspecified atom stereocenters. The zero-order chi connectivity index (χ0) is 18.0. The first-order valence-corrected chi connectivity index (χ1v) is 10.1. The van der Waals surface area contributed by atoms with E-state index in [1.165, 1.54) is 4.31 Å². The van der Waals surface area contributed by atoms with Crippen LogP contribution in [-0.2, 0) is 16.8 Å². The predicted octanol–water partition coefficient (Wildman–Crippen LogP) is 2.53. The molecule has 2 aromatic rings. The number of hydrogen-bond acceptors (Lipinski definition) is 3. The quantitative estimate of drug-likeness (QED) is 0.821. The van der Waals surface area contributed by atoms with Gasteiger partial charge in [0.15, 0.2) is 0 Å². The van der Waals surface area contributed by atoms with Crippen molar-refractivity contribution in [2.75, 3.05) is 20.1 Å². The van der Waals surface area contributed by atoms with Crippen LogP contribution < -0.4 is 0 Å². The summed E-state index contributed by atoms with van der Waals surface area (Å²) in [5.41, 5.74) is 1.82. The molecule has 2 heterocycles. The molecule has 2 atom stereocenters. The molecular formula is C18H26N4O2S. The fraction of sp³-hybridized carbons (Fsp3) is 0.500. The first-order valence-electron chi connectivity index (χ1n) is 8.66. The van der Waals surface area contributed by atoms with Crippen LogP contribution in [0.1, 0.15) is 25.8 Å². The molecule has 1 aromatic heterocycles. The molecule has 1 aliphatic heterocycles. The fourth-order valence-corrected chi connectivity index (χ4v) is 5.09. The van der Waals surface area contributed by atoms with Gasteiger partial charge in [0.05, 0.1) is 11.9 Å². The molecular weight excluding hydrogens is 336 g/mol. The van der Waals surface area contributed by atoms with Crippen molar-refractivity contribution in [2.24, 2.45) is 11.8 Å². The van der Waals surface area contributed by atoms with Crippen molar-refractivity contribution in [2.45, 2.75) is 26.8 Å². The van der Waals surface area contributed by atoms with Gasteiger partial charge in [0.25, 0.3) is 10.2 Å². The van der Waals surface area contributed by atoms with Gasteiger partial charge in [-0.05, 0) is 30.4 Å². The van der Waals surface area contributed by atoms with Crippen LogP contribution in [0.5, 0.6) is 0 Å². The Labute approximate surface area is 150 Å². The van der Waals surface area contributed by atoms with Gasteiger partial charge < -0.3 is 0 Å². The van der Waals surface area contributed by atoms with Crippen molar-refractivity contribution in [1.29, 1.82) is 0 Å². The van der Waals surface area contributed by atoms with Crippen LogP contribution in [0, 0.1) is 11.8 Å². The second kappa shape index (κ2) is 7.27. The molecule has 0 spiro atoms. The van der Waals surface area contributed by atoms with Crippen LogP contribution in [-0.4, -0.2) is 46.9 Å². The lowest BCUT2D eigenvalue weighted by atomic mass is 9.94. The summed E-state index contributed by atoms with van der Waals surface area (Å²) in [6.07, 6.45) is 4.68. The molecule has 1 saturated heterocycles. The van der Waals surface area contributed by atoms with E-state index in [9.17, 15) is 8.42 Å². The molecule has 6 nitrogen and oxygen atoms in total. The Morgan fingerprint density at radius 2 is 1.80 bits per heavy atom. The van der Waals surface area contributed by atoms with Crippen LogP contribution >= 0.6 is 0 Å². The standard InChI is InChI=1S/C18H26N4O2S/c1-15-9-16(2)12-21(11-15)25(23,24)20(3)13-17-10-19-22(14-17)18-7-5-4-6-8-18/h4-8,10,14-16H,9,11-13H2,1-3H3. The lowest BCUT2D eigenvalue weighted by Gasteiger charge is -2.36. The number of piperidine rings is 1. The van der Waals surface area contributed by atoms with Crippen molar-refractivity contribution in [3.05, 3.63) is 48.3 Å². The number of rotatable bonds is 5. The van der Waals surface area contributed by atoms with E-state index in [0.717, 1.165) is 17.7 Å². The molecule has 0 aliphatic carbocycles. The van der Waals surface area contributed by atoms with E-state index in [4.69, 9.17) is 0 Å². The monoisotopic (exact) mass is 362 g/mol. The molecule has 25 heavy (non-hydrogen) atoms. The van der Waals surface area contributed by atoms with Crippen LogP contribution in [0.4, 0.5) is 0 Å². The highest BCUT2D eigenvalue weighted by Crippen LogP contribution is 2.25. The summed E-state index contributed by atoms with van der Waals surface area (Å²) in [6, 6.07) is 9.79. The molecule has 136 valence electrons. The minimum atomic E-state index is -3.45. The third-order valence-electron chi connectivity index (χ3n) is 4.62. The number of benzene rings is 1. The molecule has 1 fully saturated rings. The van der Waals surface area contributed by atoms with E-state index in [2.05, 4.69) is 18.9 Å². The minimum Gasteiger partial charge on any atom is -0.241 e. The van der Waals surface area contributed by atoms with Gasteiger partial charge in [0, 0.05) is 38.4 Å². The van der Waals surface area contributed by atoms with Crippen LogP contribution in [0.25, 0.3) is 5.69 Å². The van der Waals surface area contributed by atoms with E-state index in [1.54, 1.807) is 22.2 Å². The first-order chi connectivity index (χ1) is 11.9. The van der Waals surface area contributed by atoms with E-state index < -0.39 is 10.2 Å². The zero-order valence-electron chi connectivity index (χ0n) is 15.0. The maximum Gasteiger partial charge on any atom is 0.282 e. The number of nitrogens with zero attached hydrogens (tertiary/aromatic N) is 4. The summed E-state index contributed by atoms with van der Waals surface area (Å²) >= 11 is 0. The van der Waals surface area contributed by atoms with Crippen LogP contribution in [0.3, 0.4) is 0 Å². The average Bonchev–Trinajstić information content (AvgIpc) is 3.03. The SMILES string of the molecule is CC1CC(C)CN(S(=O)(=O)N(C)Cc2cnn(-c3ccccc3)c2)C1. The summed E-state index contributed by atoms with van der Waals surface area (Å²) in [5, 5.41) is 4.34. The summed E-state index contributed by atoms with van der Waals surface area (Å²) in [7, 11) is -1.81. The Balaban J connectivity index is 1.71. The van der Waals surface area contributed by atoms with Crippen molar-refractivity contribution >= 4 is 10.2 Å². The highest BCUT2D eigenvalue weighted by molar-refractivity contribution is 7.86. The Morgan fingerprint density at radius 1 is 1.16 bits per heavy atom. The second-order valence-electron chi connectivity index (χ2n) is 7.16. The predicted molar refractivity (Wildman–Crippen MR) is 98.5 cm³/mol. The third-order valence-corrected chi connectivity index (χ3v) is 6.49. The average molecular weight is 362 g/mol. The van der Waals surface area contributed by atoms with E-state index >= 15 is 0 Å². The van der Waals surface area contributed by atoms with Gasteiger partial charge in [0.1, 0.15) is 0 Å². The molecule has 7 heteroatoms. The molecule has 3 rings (SSSR count). The van der Waals surface area contributed by atoms with Gasteiger partial charge in [-0.2, -0.15) is 22.1 Å². The van der Waals surface area contributed by atoms with Crippen molar-refractivity contribution in [3.8, 4) is 5.69 Å². The minimum absolute atomic E-state index is 0.314. The Hall–Kier alpha value is -1.70. The maximum absolute atomic E-state index is 12.9. The van der Waals surface area contributed by atoms with Gasteiger partial charge in [-0.1, -0.05) is 32.0 Å². The van der Waals surface area contributed by atoms with Gasteiger partial charge in [-0.25, -0.2) is 4.68 Å². The molecule has 0 amide bonds. The van der Waals surface area contributed by atoms with E-state index in [0.29, 0.717) is 31.5 Å². The summed E-state index contributed by atoms with van der Waals surface area (Å²) in [6.45, 7) is 5.74. The van der Waals surface area contributed by atoms with Crippen molar-refractivity contribution in [1.82, 2.24) is 18.4 Å². The molecule has 0 N–H and O–H groups in total. The second-order valence-corrected chi connectivity index (χ2v) is 9.19. The highest BCUT2D eigenvalue weighted by atomic mass is 32.2. The van der Waals surface area contributed by atoms with E-state index in [1.807, 2.05) is 36.5 Å². The lowest BCUT2D eigenvalue weighted by molar-refractivity contribution is 0.211. The Morgan fingerprint density at radius 3 is 2.44 bits per heavy atom. The zero-order valence-corrected chi connectivity index (χ0v) is 15.9. The van der Waals surface area contributed by atoms with Crippen LogP contribution in [0.15, 0.2) is 42.7 Å². The smallest absolute Gasteiger partial charge is 0.241 e. The number of hydrogen-bond donors (Lipinski definition) is 0. The molecule has 1 aliphatic rings. The number of aromatic nitrogens is 2. The fourth-order valence-electron chi connectivity index (χ4n) is 3.49. The lowest BCUT2D eigenvalue weighted by Crippen LogP contribution is -2.48. The molecule has 0 bridgehead atoms. The summed E-state index contributed by atoms with van der Waals surface area (Å²) < 4.78 is 30.6. The molecule has 0 saturated carbocycles. The van der Waals surface area contributed by atoms with Gasteiger partial charge in [-0.15, -0.1) is 0 Å². The topological polar surface area (TPSA) is 58.4 Å². The normalized spacial score (nSPS) is 22.4. The Bertz CT molecular complexity index is 793. The highest BCUT2D eigenvalue weighted by Gasteiger charge is 2.33. The van der Waals surface area contributed by atoms with Crippen molar-refractivity contribution < 1.29 is 8.42 Å². The number of para-hydroxylation sites is 1. The summed E-state index contributed by atoms with van der Waals surface area (Å²) in [5.74, 6) is 0.792. The van der Waals surface area contributed by atoms with Gasteiger partial charge >= 0.3 is 0 Å².